The van der Waals surface area contributed by atoms with Gasteiger partial charge in [-0.2, -0.15) is 0 Å². The van der Waals surface area contributed by atoms with Crippen molar-refractivity contribution in [1.82, 2.24) is 9.97 Å². The maximum atomic E-state index is 5.11. The number of fused-ring (bicyclic) bond motifs is 4. The van der Waals surface area contributed by atoms with E-state index in [2.05, 4.69) is 74.2 Å². The molecule has 3 heteroatoms. The van der Waals surface area contributed by atoms with Crippen LogP contribution in [0.1, 0.15) is 65.5 Å². The SMILES string of the molecule is CCN(Cc1ccc(C)cc1)c1nc(C)nc2c1CCCC21CCc2ccccc21. The molecule has 3 nitrogen and oxygen atoms in total. The summed E-state index contributed by atoms with van der Waals surface area (Å²) in [7, 11) is 0. The number of anilines is 1. The van der Waals surface area contributed by atoms with Crippen molar-refractivity contribution in [1.29, 1.82) is 0 Å². The van der Waals surface area contributed by atoms with Gasteiger partial charge in [0, 0.05) is 24.1 Å². The fraction of sp³-hybridized carbons (Fsp3) is 0.407. The Morgan fingerprint density at radius 2 is 1.73 bits per heavy atom. The highest BCUT2D eigenvalue weighted by Gasteiger charge is 2.45. The van der Waals surface area contributed by atoms with E-state index in [0.29, 0.717) is 0 Å². The molecule has 0 fully saturated rings. The molecule has 1 atom stereocenters. The van der Waals surface area contributed by atoms with Gasteiger partial charge < -0.3 is 4.90 Å². The van der Waals surface area contributed by atoms with Gasteiger partial charge in [-0.3, -0.25) is 0 Å². The van der Waals surface area contributed by atoms with Crippen LogP contribution in [0.15, 0.2) is 48.5 Å². The standard InChI is InChI=1S/C27H31N3/c1-4-30(18-21-13-11-19(2)12-14-21)26-23-9-7-16-27(25(23)28-20(3)29-26)17-15-22-8-5-6-10-24(22)27/h5-6,8,10-14H,4,7,9,15-18H2,1-3H3. The van der Waals surface area contributed by atoms with Crippen molar-refractivity contribution in [3.63, 3.8) is 0 Å². The van der Waals surface area contributed by atoms with Crippen LogP contribution in [0.4, 0.5) is 5.82 Å². The summed E-state index contributed by atoms with van der Waals surface area (Å²) in [6.45, 7) is 8.28. The van der Waals surface area contributed by atoms with Gasteiger partial charge in [0.15, 0.2) is 0 Å². The molecule has 3 aromatic rings. The molecule has 0 aliphatic heterocycles. The van der Waals surface area contributed by atoms with Crippen LogP contribution in [0.3, 0.4) is 0 Å². The van der Waals surface area contributed by atoms with Crippen molar-refractivity contribution in [2.75, 3.05) is 11.4 Å². The van der Waals surface area contributed by atoms with Gasteiger partial charge in [0.1, 0.15) is 11.6 Å². The molecule has 1 unspecified atom stereocenters. The fourth-order valence-electron chi connectivity index (χ4n) is 5.60. The second kappa shape index (κ2) is 7.54. The molecule has 30 heavy (non-hydrogen) atoms. The molecule has 1 heterocycles. The molecule has 0 radical (unpaired) electrons. The molecular formula is C27H31N3. The third-order valence-electron chi connectivity index (χ3n) is 7.11. The van der Waals surface area contributed by atoms with E-state index in [0.717, 1.165) is 37.6 Å². The van der Waals surface area contributed by atoms with Crippen molar-refractivity contribution >= 4 is 5.82 Å². The average Bonchev–Trinajstić information content (AvgIpc) is 3.13. The average molecular weight is 398 g/mol. The summed E-state index contributed by atoms with van der Waals surface area (Å²) in [5, 5.41) is 0. The molecule has 0 N–H and O–H groups in total. The molecule has 2 aliphatic rings. The molecule has 0 saturated carbocycles. The van der Waals surface area contributed by atoms with Gasteiger partial charge >= 0.3 is 0 Å². The maximum absolute atomic E-state index is 5.11. The smallest absolute Gasteiger partial charge is 0.136 e. The fourth-order valence-corrected chi connectivity index (χ4v) is 5.60. The van der Waals surface area contributed by atoms with Crippen LogP contribution in [0, 0.1) is 13.8 Å². The number of hydrogen-bond acceptors (Lipinski definition) is 3. The van der Waals surface area contributed by atoms with Gasteiger partial charge in [-0.25, -0.2) is 9.97 Å². The van der Waals surface area contributed by atoms with Crippen molar-refractivity contribution in [2.45, 2.75) is 64.8 Å². The highest BCUT2D eigenvalue weighted by molar-refractivity contribution is 5.57. The zero-order valence-corrected chi connectivity index (χ0v) is 18.4. The first-order valence-electron chi connectivity index (χ1n) is 11.4. The van der Waals surface area contributed by atoms with E-state index in [1.165, 1.54) is 52.8 Å². The minimum Gasteiger partial charge on any atom is -0.352 e. The molecule has 0 amide bonds. The maximum Gasteiger partial charge on any atom is 0.136 e. The normalized spacial score (nSPS) is 19.6. The molecular weight excluding hydrogens is 366 g/mol. The zero-order chi connectivity index (χ0) is 20.7. The predicted octanol–water partition coefficient (Wildman–Crippen LogP) is 5.69. The number of benzene rings is 2. The van der Waals surface area contributed by atoms with Crippen molar-refractivity contribution in [2.24, 2.45) is 0 Å². The summed E-state index contributed by atoms with van der Waals surface area (Å²) >= 11 is 0. The summed E-state index contributed by atoms with van der Waals surface area (Å²) < 4.78 is 0. The van der Waals surface area contributed by atoms with Gasteiger partial charge in [0.25, 0.3) is 0 Å². The van der Waals surface area contributed by atoms with E-state index < -0.39 is 0 Å². The lowest BCUT2D eigenvalue weighted by atomic mass is 9.69. The van der Waals surface area contributed by atoms with E-state index >= 15 is 0 Å². The first kappa shape index (κ1) is 19.3. The molecule has 0 bridgehead atoms. The van der Waals surface area contributed by atoms with Gasteiger partial charge in [0.05, 0.1) is 5.69 Å². The summed E-state index contributed by atoms with van der Waals surface area (Å²) in [5.41, 5.74) is 8.44. The Kier molecular flexibility index (Phi) is 4.85. The number of rotatable bonds is 4. The Bertz CT molecular complexity index is 1070. The van der Waals surface area contributed by atoms with E-state index in [4.69, 9.17) is 9.97 Å². The summed E-state index contributed by atoms with van der Waals surface area (Å²) in [4.78, 5) is 12.5. The third-order valence-corrected chi connectivity index (χ3v) is 7.11. The van der Waals surface area contributed by atoms with Crippen LogP contribution in [-0.2, 0) is 24.8 Å². The summed E-state index contributed by atoms with van der Waals surface area (Å²) in [6.07, 6.45) is 5.84. The molecule has 0 saturated heterocycles. The highest BCUT2D eigenvalue weighted by atomic mass is 15.2. The number of aryl methyl sites for hydroxylation is 3. The minimum atomic E-state index is 0.0793. The van der Waals surface area contributed by atoms with Crippen molar-refractivity contribution < 1.29 is 0 Å². The van der Waals surface area contributed by atoms with E-state index in [1.54, 1.807) is 0 Å². The van der Waals surface area contributed by atoms with Crippen LogP contribution in [0.2, 0.25) is 0 Å². The molecule has 2 aromatic carbocycles. The Hall–Kier alpha value is -2.68. The van der Waals surface area contributed by atoms with Crippen LogP contribution in [-0.4, -0.2) is 16.5 Å². The quantitative estimate of drug-likeness (QED) is 0.566. The van der Waals surface area contributed by atoms with Crippen LogP contribution in [0.5, 0.6) is 0 Å². The molecule has 1 aromatic heterocycles. The van der Waals surface area contributed by atoms with Crippen molar-refractivity contribution in [3.05, 3.63) is 87.9 Å². The highest BCUT2D eigenvalue weighted by Crippen LogP contribution is 2.51. The summed E-state index contributed by atoms with van der Waals surface area (Å²) in [6, 6.07) is 17.9. The molecule has 1 spiro atoms. The Labute approximate surface area is 180 Å². The Balaban J connectivity index is 1.60. The van der Waals surface area contributed by atoms with E-state index in [-0.39, 0.29) is 5.41 Å². The molecule has 5 rings (SSSR count). The van der Waals surface area contributed by atoms with Crippen molar-refractivity contribution in [3.8, 4) is 0 Å². The van der Waals surface area contributed by atoms with Gasteiger partial charge in [-0.05, 0) is 69.6 Å². The zero-order valence-electron chi connectivity index (χ0n) is 18.4. The van der Waals surface area contributed by atoms with Gasteiger partial charge in [0.2, 0.25) is 0 Å². The second-order valence-electron chi connectivity index (χ2n) is 9.01. The number of nitrogens with zero attached hydrogens (tertiary/aromatic N) is 3. The lowest BCUT2D eigenvalue weighted by Crippen LogP contribution is -2.34. The van der Waals surface area contributed by atoms with Crippen LogP contribution >= 0.6 is 0 Å². The Morgan fingerprint density at radius 1 is 0.933 bits per heavy atom. The largest absolute Gasteiger partial charge is 0.352 e. The number of aromatic nitrogens is 2. The first-order valence-corrected chi connectivity index (χ1v) is 11.4. The second-order valence-corrected chi connectivity index (χ2v) is 9.01. The lowest BCUT2D eigenvalue weighted by Gasteiger charge is -2.38. The monoisotopic (exact) mass is 397 g/mol. The summed E-state index contributed by atoms with van der Waals surface area (Å²) in [5.74, 6) is 2.06. The molecule has 154 valence electrons. The van der Waals surface area contributed by atoms with Gasteiger partial charge in [-0.1, -0.05) is 54.1 Å². The topological polar surface area (TPSA) is 29.0 Å². The number of hydrogen-bond donors (Lipinski definition) is 0. The first-order chi connectivity index (χ1) is 14.6. The third kappa shape index (κ3) is 3.12. The van der Waals surface area contributed by atoms with E-state index in [9.17, 15) is 0 Å². The van der Waals surface area contributed by atoms with Crippen LogP contribution < -0.4 is 4.90 Å². The van der Waals surface area contributed by atoms with Crippen LogP contribution in [0.25, 0.3) is 0 Å². The Morgan fingerprint density at radius 3 is 2.53 bits per heavy atom. The van der Waals surface area contributed by atoms with Gasteiger partial charge in [-0.15, -0.1) is 0 Å². The molecule has 2 aliphatic carbocycles. The lowest BCUT2D eigenvalue weighted by molar-refractivity contribution is 0.409. The minimum absolute atomic E-state index is 0.0793. The van der Waals surface area contributed by atoms with E-state index in [1.807, 2.05) is 0 Å². The predicted molar refractivity (Wildman–Crippen MR) is 123 cm³/mol.